The average molecular weight is 295 g/mol. The third kappa shape index (κ3) is 3.97. The van der Waals surface area contributed by atoms with Crippen molar-refractivity contribution >= 4 is 5.91 Å². The maximum Gasteiger partial charge on any atom is 0.251 e. The average Bonchev–Trinajstić information content (AvgIpc) is 2.53. The van der Waals surface area contributed by atoms with E-state index in [4.69, 9.17) is 0 Å². The van der Waals surface area contributed by atoms with Gasteiger partial charge in [-0.1, -0.05) is 62.7 Å². The number of nitrogens with one attached hydrogen (secondary N) is 1. The summed E-state index contributed by atoms with van der Waals surface area (Å²) in [5.74, 6) is 0.320. The summed E-state index contributed by atoms with van der Waals surface area (Å²) < 4.78 is 0. The third-order valence-electron chi connectivity index (χ3n) is 4.01. The number of rotatable bonds is 5. The molecule has 1 unspecified atom stereocenters. The molecule has 0 aliphatic rings. The van der Waals surface area contributed by atoms with Crippen LogP contribution >= 0.6 is 0 Å². The van der Waals surface area contributed by atoms with Gasteiger partial charge in [0.15, 0.2) is 0 Å². The van der Waals surface area contributed by atoms with Gasteiger partial charge in [-0.3, -0.25) is 4.79 Å². The zero-order valence-corrected chi connectivity index (χ0v) is 13.9. The summed E-state index contributed by atoms with van der Waals surface area (Å²) in [6.07, 6.45) is 1.03. The van der Waals surface area contributed by atoms with Crippen molar-refractivity contribution in [2.75, 3.05) is 0 Å². The SMILES string of the molecule is CCc1ccc(C(NC(=O)c2ccc(C)cc2)C(C)C)cc1. The van der Waals surface area contributed by atoms with Crippen LogP contribution in [0.3, 0.4) is 0 Å². The Morgan fingerprint density at radius 2 is 1.59 bits per heavy atom. The van der Waals surface area contributed by atoms with E-state index in [-0.39, 0.29) is 11.9 Å². The van der Waals surface area contributed by atoms with Gasteiger partial charge in [-0.25, -0.2) is 0 Å². The molecule has 2 rings (SSSR count). The maximum absolute atomic E-state index is 12.5. The van der Waals surface area contributed by atoms with Crippen LogP contribution in [0.5, 0.6) is 0 Å². The van der Waals surface area contributed by atoms with Gasteiger partial charge in [-0.15, -0.1) is 0 Å². The van der Waals surface area contributed by atoms with E-state index < -0.39 is 0 Å². The maximum atomic E-state index is 12.5. The van der Waals surface area contributed by atoms with Crippen molar-refractivity contribution in [3.05, 3.63) is 70.8 Å². The van der Waals surface area contributed by atoms with Crippen LogP contribution in [0.4, 0.5) is 0 Å². The lowest BCUT2D eigenvalue weighted by atomic mass is 9.94. The molecule has 0 fully saturated rings. The van der Waals surface area contributed by atoms with Crippen molar-refractivity contribution in [2.24, 2.45) is 5.92 Å². The van der Waals surface area contributed by atoms with Crippen LogP contribution in [0, 0.1) is 12.8 Å². The van der Waals surface area contributed by atoms with Gasteiger partial charge in [0.05, 0.1) is 6.04 Å². The molecule has 2 heteroatoms. The highest BCUT2D eigenvalue weighted by Gasteiger charge is 2.19. The Balaban J connectivity index is 2.17. The summed E-state index contributed by atoms with van der Waals surface area (Å²) in [5.41, 5.74) is 4.34. The summed E-state index contributed by atoms with van der Waals surface area (Å²) in [6, 6.07) is 16.2. The molecule has 0 heterocycles. The second-order valence-electron chi connectivity index (χ2n) is 6.16. The molecule has 22 heavy (non-hydrogen) atoms. The molecular weight excluding hydrogens is 270 g/mol. The van der Waals surface area contributed by atoms with Gasteiger partial charge in [0.2, 0.25) is 0 Å². The molecule has 0 radical (unpaired) electrons. The highest BCUT2D eigenvalue weighted by atomic mass is 16.1. The van der Waals surface area contributed by atoms with E-state index in [1.165, 1.54) is 5.56 Å². The summed E-state index contributed by atoms with van der Waals surface area (Å²) in [5, 5.41) is 3.17. The van der Waals surface area contributed by atoms with Crippen LogP contribution in [-0.2, 0) is 6.42 Å². The number of benzene rings is 2. The first-order valence-electron chi connectivity index (χ1n) is 7.97. The number of hydrogen-bond donors (Lipinski definition) is 1. The van der Waals surface area contributed by atoms with E-state index in [0.29, 0.717) is 11.5 Å². The van der Waals surface area contributed by atoms with Crippen LogP contribution in [0.15, 0.2) is 48.5 Å². The van der Waals surface area contributed by atoms with Crippen molar-refractivity contribution in [3.8, 4) is 0 Å². The molecule has 0 saturated carbocycles. The van der Waals surface area contributed by atoms with E-state index in [9.17, 15) is 4.79 Å². The normalized spacial score (nSPS) is 12.2. The molecule has 0 aliphatic carbocycles. The van der Waals surface area contributed by atoms with Crippen LogP contribution in [-0.4, -0.2) is 5.91 Å². The summed E-state index contributed by atoms with van der Waals surface area (Å²) >= 11 is 0. The lowest BCUT2D eigenvalue weighted by Crippen LogP contribution is -2.31. The number of aryl methyl sites for hydroxylation is 2. The number of hydrogen-bond acceptors (Lipinski definition) is 1. The van der Waals surface area contributed by atoms with Crippen molar-refractivity contribution in [1.82, 2.24) is 5.32 Å². The smallest absolute Gasteiger partial charge is 0.251 e. The minimum absolute atomic E-state index is 0.0155. The zero-order valence-electron chi connectivity index (χ0n) is 13.9. The second-order valence-corrected chi connectivity index (χ2v) is 6.16. The molecule has 0 saturated heterocycles. The Morgan fingerprint density at radius 1 is 1.00 bits per heavy atom. The fourth-order valence-electron chi connectivity index (χ4n) is 2.53. The molecule has 2 aromatic carbocycles. The van der Waals surface area contributed by atoms with Crippen molar-refractivity contribution in [1.29, 1.82) is 0 Å². The number of carbonyl (C=O) groups is 1. The molecule has 116 valence electrons. The molecule has 0 aliphatic heterocycles. The Kier molecular flexibility index (Phi) is 5.37. The summed E-state index contributed by atoms with van der Waals surface area (Å²) in [7, 11) is 0. The van der Waals surface area contributed by atoms with E-state index in [2.05, 4.69) is 50.4 Å². The van der Waals surface area contributed by atoms with Gasteiger partial charge in [-0.05, 0) is 42.5 Å². The van der Waals surface area contributed by atoms with Gasteiger partial charge in [0, 0.05) is 5.56 Å². The predicted octanol–water partition coefficient (Wildman–Crippen LogP) is 4.68. The van der Waals surface area contributed by atoms with E-state index in [1.807, 2.05) is 31.2 Å². The van der Waals surface area contributed by atoms with Crippen LogP contribution in [0.25, 0.3) is 0 Å². The van der Waals surface area contributed by atoms with Crippen LogP contribution in [0.2, 0.25) is 0 Å². The Hall–Kier alpha value is -2.09. The van der Waals surface area contributed by atoms with Gasteiger partial charge < -0.3 is 5.32 Å². The largest absolute Gasteiger partial charge is 0.345 e. The molecule has 1 N–H and O–H groups in total. The van der Waals surface area contributed by atoms with E-state index >= 15 is 0 Å². The molecule has 0 aromatic heterocycles. The minimum atomic E-state index is -0.0155. The molecule has 2 aromatic rings. The number of carbonyl (C=O) groups excluding carboxylic acids is 1. The van der Waals surface area contributed by atoms with Gasteiger partial charge in [-0.2, -0.15) is 0 Å². The summed E-state index contributed by atoms with van der Waals surface area (Å²) in [6.45, 7) is 8.43. The topological polar surface area (TPSA) is 29.1 Å². The summed E-state index contributed by atoms with van der Waals surface area (Å²) in [4.78, 5) is 12.5. The van der Waals surface area contributed by atoms with Crippen molar-refractivity contribution in [3.63, 3.8) is 0 Å². The van der Waals surface area contributed by atoms with Crippen molar-refractivity contribution < 1.29 is 4.79 Å². The first-order chi connectivity index (χ1) is 10.5. The lowest BCUT2D eigenvalue weighted by molar-refractivity contribution is 0.0925. The first kappa shape index (κ1) is 16.3. The minimum Gasteiger partial charge on any atom is -0.345 e. The Bertz CT molecular complexity index is 611. The molecule has 1 amide bonds. The molecule has 0 bridgehead atoms. The van der Waals surface area contributed by atoms with Gasteiger partial charge >= 0.3 is 0 Å². The van der Waals surface area contributed by atoms with E-state index in [0.717, 1.165) is 17.5 Å². The molecular formula is C20H25NO. The molecule has 0 spiro atoms. The third-order valence-corrected chi connectivity index (χ3v) is 4.01. The van der Waals surface area contributed by atoms with E-state index in [1.54, 1.807) is 0 Å². The first-order valence-corrected chi connectivity index (χ1v) is 7.97. The van der Waals surface area contributed by atoms with Crippen molar-refractivity contribution in [2.45, 2.75) is 40.2 Å². The number of amides is 1. The standard InChI is InChI=1S/C20H25NO/c1-5-16-8-12-17(13-9-16)19(14(2)3)21-20(22)18-10-6-15(4)7-11-18/h6-14,19H,5H2,1-4H3,(H,21,22). The predicted molar refractivity (Wildman–Crippen MR) is 92.0 cm³/mol. The highest BCUT2D eigenvalue weighted by Crippen LogP contribution is 2.23. The Morgan fingerprint density at radius 3 is 2.09 bits per heavy atom. The quantitative estimate of drug-likeness (QED) is 0.852. The van der Waals surface area contributed by atoms with Gasteiger partial charge in [0.25, 0.3) is 5.91 Å². The molecule has 1 atom stereocenters. The molecule has 2 nitrogen and oxygen atoms in total. The van der Waals surface area contributed by atoms with Crippen LogP contribution in [0.1, 0.15) is 53.9 Å². The zero-order chi connectivity index (χ0) is 16.1. The highest BCUT2D eigenvalue weighted by molar-refractivity contribution is 5.94. The lowest BCUT2D eigenvalue weighted by Gasteiger charge is -2.23. The van der Waals surface area contributed by atoms with Gasteiger partial charge in [0.1, 0.15) is 0 Å². The second kappa shape index (κ2) is 7.26. The fraction of sp³-hybridized carbons (Fsp3) is 0.350. The Labute approximate surface area is 133 Å². The monoisotopic (exact) mass is 295 g/mol. The fourth-order valence-corrected chi connectivity index (χ4v) is 2.53. The van der Waals surface area contributed by atoms with Crippen LogP contribution < -0.4 is 5.32 Å².